The first-order valence-electron chi connectivity index (χ1n) is 10.1. The van der Waals surface area contributed by atoms with Gasteiger partial charge in [-0.15, -0.1) is 0 Å². The number of carbonyl (C=O) groups is 1. The second-order valence-electron chi connectivity index (χ2n) is 7.94. The number of aromatic nitrogens is 1. The first kappa shape index (κ1) is 21.7. The largest absolute Gasteiger partial charge is 0.396 e. The van der Waals surface area contributed by atoms with Crippen LogP contribution in [0.4, 0.5) is 4.39 Å². The molecule has 3 heterocycles. The molecule has 10 heteroatoms. The molecule has 2 aromatic rings. The van der Waals surface area contributed by atoms with Crippen molar-refractivity contribution < 1.29 is 22.7 Å². The fourth-order valence-electron chi connectivity index (χ4n) is 4.99. The normalized spacial score (nSPS) is 25.3. The molecule has 0 saturated carbocycles. The van der Waals surface area contributed by atoms with E-state index in [0.717, 1.165) is 6.26 Å². The van der Waals surface area contributed by atoms with Crippen LogP contribution in [0.2, 0.25) is 0 Å². The zero-order valence-corrected chi connectivity index (χ0v) is 18.0. The fourth-order valence-corrected chi connectivity index (χ4v) is 6.35. The number of benzene rings is 1. The Morgan fingerprint density at radius 2 is 1.94 bits per heavy atom. The molecular formula is C21H24FN3O5S. The topological polar surface area (TPSA) is 109 Å². The second-order valence-corrected chi connectivity index (χ2v) is 9.83. The number of rotatable bonds is 5. The van der Waals surface area contributed by atoms with Gasteiger partial charge in [-0.05, 0) is 25.1 Å². The minimum atomic E-state index is -3.74. The van der Waals surface area contributed by atoms with Crippen LogP contribution in [0.25, 0.3) is 11.1 Å². The summed E-state index contributed by atoms with van der Waals surface area (Å²) >= 11 is 0. The van der Waals surface area contributed by atoms with Gasteiger partial charge in [-0.25, -0.2) is 12.8 Å². The number of nitrogens with one attached hydrogen (secondary N) is 1. The SMILES string of the molecule is CCNC(=O)[C@H]1[C@H](CO)[C@H]2Cn3c(ccc(-c4ccccc4F)c3=O)[C@@H]1N2S(C)(=O)=O. The molecule has 0 unspecified atom stereocenters. The predicted octanol–water partition coefficient (Wildman–Crippen LogP) is 0.714. The van der Waals surface area contributed by atoms with Gasteiger partial charge >= 0.3 is 0 Å². The quantitative estimate of drug-likeness (QED) is 0.699. The molecule has 0 spiro atoms. The van der Waals surface area contributed by atoms with Crippen LogP contribution in [-0.2, 0) is 21.4 Å². The average Bonchev–Trinajstić information content (AvgIpc) is 2.97. The van der Waals surface area contributed by atoms with Gasteiger partial charge in [-0.1, -0.05) is 18.2 Å². The highest BCUT2D eigenvalue weighted by atomic mass is 32.2. The third-order valence-electron chi connectivity index (χ3n) is 6.19. The molecule has 1 fully saturated rings. The number of fused-ring (bicyclic) bond motifs is 4. The predicted molar refractivity (Wildman–Crippen MR) is 112 cm³/mol. The number of amides is 1. The van der Waals surface area contributed by atoms with Gasteiger partial charge < -0.3 is 15.0 Å². The highest BCUT2D eigenvalue weighted by Gasteiger charge is 2.58. The van der Waals surface area contributed by atoms with Gasteiger partial charge in [-0.3, -0.25) is 9.59 Å². The van der Waals surface area contributed by atoms with E-state index in [1.54, 1.807) is 19.1 Å². The van der Waals surface area contributed by atoms with E-state index in [1.165, 1.54) is 33.1 Å². The van der Waals surface area contributed by atoms with Crippen molar-refractivity contribution in [3.8, 4) is 11.1 Å². The molecule has 8 nitrogen and oxygen atoms in total. The Morgan fingerprint density at radius 3 is 2.55 bits per heavy atom. The molecule has 0 radical (unpaired) electrons. The van der Waals surface area contributed by atoms with Gasteiger partial charge in [0.05, 0.1) is 23.8 Å². The van der Waals surface area contributed by atoms with Gasteiger partial charge in [0.25, 0.3) is 5.56 Å². The Labute approximate surface area is 179 Å². The van der Waals surface area contributed by atoms with Crippen molar-refractivity contribution in [1.82, 2.24) is 14.2 Å². The number of aliphatic hydroxyl groups excluding tert-OH is 1. The molecule has 1 amide bonds. The molecule has 1 aromatic carbocycles. The average molecular weight is 450 g/mol. The van der Waals surface area contributed by atoms with Crippen LogP contribution in [-0.4, -0.2) is 53.8 Å². The molecule has 0 aliphatic carbocycles. The maximum atomic E-state index is 14.3. The van der Waals surface area contributed by atoms with Crippen molar-refractivity contribution in [3.63, 3.8) is 0 Å². The summed E-state index contributed by atoms with van der Waals surface area (Å²) in [5.41, 5.74) is 0.210. The van der Waals surface area contributed by atoms with Crippen LogP contribution in [0.5, 0.6) is 0 Å². The van der Waals surface area contributed by atoms with Crippen molar-refractivity contribution in [3.05, 3.63) is 58.3 Å². The molecule has 31 heavy (non-hydrogen) atoms. The lowest BCUT2D eigenvalue weighted by Gasteiger charge is -2.36. The number of sulfonamides is 1. The van der Waals surface area contributed by atoms with Crippen LogP contribution in [0.3, 0.4) is 0 Å². The molecule has 4 atom stereocenters. The van der Waals surface area contributed by atoms with E-state index < -0.39 is 51.9 Å². The molecule has 2 N–H and O–H groups in total. The smallest absolute Gasteiger partial charge is 0.258 e. The Hall–Kier alpha value is -2.56. The summed E-state index contributed by atoms with van der Waals surface area (Å²) in [6, 6.07) is 7.28. The number of halogens is 1. The van der Waals surface area contributed by atoms with Crippen LogP contribution in [0, 0.1) is 17.7 Å². The summed E-state index contributed by atoms with van der Waals surface area (Å²) in [5.74, 6) is -2.44. The number of carbonyl (C=O) groups excluding carboxylic acids is 1. The maximum Gasteiger partial charge on any atom is 0.258 e. The van der Waals surface area contributed by atoms with E-state index in [4.69, 9.17) is 0 Å². The number of nitrogens with zero attached hydrogens (tertiary/aromatic N) is 2. The van der Waals surface area contributed by atoms with Crippen LogP contribution in [0.1, 0.15) is 18.7 Å². The number of aliphatic hydroxyl groups is 1. The fraction of sp³-hybridized carbons (Fsp3) is 0.429. The van der Waals surface area contributed by atoms with E-state index in [-0.39, 0.29) is 23.6 Å². The standard InChI is InChI=1S/C21H24FN3O5S/c1-3-23-20(27)18-14(11-26)17-10-24-16(19(18)25(17)31(2,29)30)9-8-13(21(24)28)12-6-4-5-7-15(12)22/h4-9,14,17-19,26H,3,10-11H2,1-2H3,(H,23,27)/t14-,17-,18+,19+/m1/s1. The minimum absolute atomic E-state index is 0.0266. The Morgan fingerprint density at radius 1 is 1.23 bits per heavy atom. The molecular weight excluding hydrogens is 425 g/mol. The van der Waals surface area contributed by atoms with Crippen molar-refractivity contribution in [2.24, 2.45) is 11.8 Å². The molecule has 166 valence electrons. The Kier molecular flexibility index (Phi) is 5.48. The second kappa shape index (κ2) is 7.85. The Bertz CT molecular complexity index is 1200. The summed E-state index contributed by atoms with van der Waals surface area (Å²) in [4.78, 5) is 26.2. The number of hydrogen-bond donors (Lipinski definition) is 2. The van der Waals surface area contributed by atoms with Gasteiger partial charge in [0.1, 0.15) is 5.82 Å². The van der Waals surface area contributed by atoms with Gasteiger partial charge in [-0.2, -0.15) is 4.31 Å². The Balaban J connectivity index is 1.93. The van der Waals surface area contributed by atoms with Crippen LogP contribution in [0.15, 0.2) is 41.2 Å². The van der Waals surface area contributed by atoms with E-state index in [2.05, 4.69) is 5.32 Å². The molecule has 2 aliphatic rings. The summed E-state index contributed by atoms with van der Waals surface area (Å²) in [7, 11) is -3.74. The molecule has 1 saturated heterocycles. The van der Waals surface area contributed by atoms with Crippen molar-refractivity contribution in [2.45, 2.75) is 25.6 Å². The number of hydrogen-bond acceptors (Lipinski definition) is 5. The van der Waals surface area contributed by atoms with E-state index in [1.807, 2.05) is 0 Å². The third kappa shape index (κ3) is 3.38. The monoisotopic (exact) mass is 449 g/mol. The lowest BCUT2D eigenvalue weighted by molar-refractivity contribution is -0.127. The summed E-state index contributed by atoms with van der Waals surface area (Å²) in [6.07, 6.45) is 1.06. The van der Waals surface area contributed by atoms with E-state index >= 15 is 0 Å². The van der Waals surface area contributed by atoms with Gasteiger partial charge in [0.15, 0.2) is 0 Å². The highest BCUT2D eigenvalue weighted by molar-refractivity contribution is 7.88. The zero-order chi connectivity index (χ0) is 22.5. The lowest BCUT2D eigenvalue weighted by Crippen LogP contribution is -2.48. The van der Waals surface area contributed by atoms with Crippen LogP contribution >= 0.6 is 0 Å². The summed E-state index contributed by atoms with van der Waals surface area (Å²) in [6.45, 7) is 1.67. The number of pyridine rings is 1. The molecule has 2 bridgehead atoms. The summed E-state index contributed by atoms with van der Waals surface area (Å²) in [5, 5.41) is 12.8. The van der Waals surface area contributed by atoms with Crippen LogP contribution < -0.4 is 10.9 Å². The van der Waals surface area contributed by atoms with Crippen molar-refractivity contribution >= 4 is 15.9 Å². The molecule has 4 rings (SSSR count). The van der Waals surface area contributed by atoms with Gasteiger partial charge in [0, 0.05) is 42.9 Å². The summed E-state index contributed by atoms with van der Waals surface area (Å²) < 4.78 is 42.3. The van der Waals surface area contributed by atoms with Crippen molar-refractivity contribution in [2.75, 3.05) is 19.4 Å². The highest BCUT2D eigenvalue weighted by Crippen LogP contribution is 2.49. The van der Waals surface area contributed by atoms with E-state index in [0.29, 0.717) is 12.2 Å². The third-order valence-corrected chi connectivity index (χ3v) is 7.45. The lowest BCUT2D eigenvalue weighted by atomic mass is 9.86. The minimum Gasteiger partial charge on any atom is -0.396 e. The van der Waals surface area contributed by atoms with Gasteiger partial charge in [0.2, 0.25) is 15.9 Å². The first-order chi connectivity index (χ1) is 14.7. The maximum absolute atomic E-state index is 14.3. The zero-order valence-electron chi connectivity index (χ0n) is 17.2. The molecule has 2 aliphatic heterocycles. The van der Waals surface area contributed by atoms with Crippen molar-refractivity contribution in [1.29, 1.82) is 0 Å². The first-order valence-corrected chi connectivity index (χ1v) is 11.9. The molecule has 1 aromatic heterocycles. The van der Waals surface area contributed by atoms with E-state index in [9.17, 15) is 27.5 Å².